The van der Waals surface area contributed by atoms with Crippen LogP contribution in [0.1, 0.15) is 5.01 Å². The highest BCUT2D eigenvalue weighted by molar-refractivity contribution is 9.10. The molecule has 0 saturated heterocycles. The Balaban J connectivity index is 2.24. The van der Waals surface area contributed by atoms with Crippen LogP contribution in [0.25, 0.3) is 11.3 Å². The first-order valence-electron chi connectivity index (χ1n) is 5.00. The summed E-state index contributed by atoms with van der Waals surface area (Å²) in [5.41, 5.74) is 2.22. The molecular formula is C12H13BrN2S. The zero-order valence-electron chi connectivity index (χ0n) is 9.27. The number of aromatic nitrogens is 1. The molecule has 0 atom stereocenters. The van der Waals surface area contributed by atoms with Gasteiger partial charge in [0.05, 0.1) is 5.69 Å². The van der Waals surface area contributed by atoms with Gasteiger partial charge < -0.3 is 4.90 Å². The van der Waals surface area contributed by atoms with Crippen LogP contribution in [0, 0.1) is 0 Å². The zero-order valence-corrected chi connectivity index (χ0v) is 11.7. The smallest absolute Gasteiger partial charge is 0.107 e. The SMILES string of the molecule is CN(C)Cc1nc(-c2cccc(Br)c2)cs1. The minimum Gasteiger partial charge on any atom is -0.303 e. The first-order valence-corrected chi connectivity index (χ1v) is 6.67. The molecule has 1 aromatic heterocycles. The third-order valence-corrected chi connectivity index (χ3v) is 3.45. The van der Waals surface area contributed by atoms with Gasteiger partial charge in [0.1, 0.15) is 5.01 Å². The van der Waals surface area contributed by atoms with Gasteiger partial charge in [-0.2, -0.15) is 0 Å². The molecule has 16 heavy (non-hydrogen) atoms. The fourth-order valence-electron chi connectivity index (χ4n) is 1.43. The minimum atomic E-state index is 0.901. The largest absolute Gasteiger partial charge is 0.303 e. The van der Waals surface area contributed by atoms with E-state index in [2.05, 4.69) is 57.4 Å². The first-order chi connectivity index (χ1) is 7.65. The Labute approximate surface area is 108 Å². The summed E-state index contributed by atoms with van der Waals surface area (Å²) in [6.45, 7) is 0.901. The third-order valence-electron chi connectivity index (χ3n) is 2.12. The first kappa shape index (κ1) is 11.8. The van der Waals surface area contributed by atoms with Gasteiger partial charge in [0, 0.05) is 22.0 Å². The molecule has 2 rings (SSSR count). The number of nitrogens with zero attached hydrogens (tertiary/aromatic N) is 2. The molecule has 2 aromatic rings. The number of benzene rings is 1. The van der Waals surface area contributed by atoms with Crippen molar-refractivity contribution in [3.8, 4) is 11.3 Å². The number of halogens is 1. The van der Waals surface area contributed by atoms with Crippen LogP contribution < -0.4 is 0 Å². The monoisotopic (exact) mass is 296 g/mol. The quantitative estimate of drug-likeness (QED) is 0.860. The van der Waals surface area contributed by atoms with Gasteiger partial charge in [-0.3, -0.25) is 0 Å². The summed E-state index contributed by atoms with van der Waals surface area (Å²) in [4.78, 5) is 6.75. The predicted molar refractivity (Wildman–Crippen MR) is 72.6 cm³/mol. The van der Waals surface area contributed by atoms with Crippen molar-refractivity contribution in [3.05, 3.63) is 39.1 Å². The molecule has 0 spiro atoms. The number of hydrogen-bond donors (Lipinski definition) is 0. The van der Waals surface area contributed by atoms with Crippen LogP contribution in [-0.4, -0.2) is 24.0 Å². The summed E-state index contributed by atoms with van der Waals surface area (Å²) in [5.74, 6) is 0. The summed E-state index contributed by atoms with van der Waals surface area (Å²) < 4.78 is 1.09. The third kappa shape index (κ3) is 2.90. The van der Waals surface area contributed by atoms with Gasteiger partial charge in [0.25, 0.3) is 0 Å². The Bertz CT molecular complexity index is 479. The van der Waals surface area contributed by atoms with E-state index in [4.69, 9.17) is 0 Å². The summed E-state index contributed by atoms with van der Waals surface area (Å²) in [5, 5.41) is 3.26. The van der Waals surface area contributed by atoms with Crippen LogP contribution in [-0.2, 0) is 6.54 Å². The maximum atomic E-state index is 4.62. The topological polar surface area (TPSA) is 16.1 Å². The van der Waals surface area contributed by atoms with E-state index < -0.39 is 0 Å². The lowest BCUT2D eigenvalue weighted by Crippen LogP contribution is -2.10. The molecule has 4 heteroatoms. The van der Waals surface area contributed by atoms with E-state index in [9.17, 15) is 0 Å². The molecule has 0 unspecified atom stereocenters. The summed E-state index contributed by atoms with van der Waals surface area (Å²) in [6.07, 6.45) is 0. The van der Waals surface area contributed by atoms with E-state index in [1.54, 1.807) is 11.3 Å². The molecule has 0 saturated carbocycles. The fraction of sp³-hybridized carbons (Fsp3) is 0.250. The van der Waals surface area contributed by atoms with Crippen molar-refractivity contribution in [2.75, 3.05) is 14.1 Å². The van der Waals surface area contributed by atoms with E-state index in [0.717, 1.165) is 27.3 Å². The Morgan fingerprint density at radius 3 is 2.88 bits per heavy atom. The Morgan fingerprint density at radius 1 is 1.38 bits per heavy atom. The highest BCUT2D eigenvalue weighted by Crippen LogP contribution is 2.24. The van der Waals surface area contributed by atoms with E-state index in [0.29, 0.717) is 0 Å². The van der Waals surface area contributed by atoms with Crippen LogP contribution in [0.15, 0.2) is 34.1 Å². The molecule has 1 heterocycles. The van der Waals surface area contributed by atoms with Gasteiger partial charge >= 0.3 is 0 Å². The van der Waals surface area contributed by atoms with E-state index in [1.165, 1.54) is 0 Å². The second-order valence-electron chi connectivity index (χ2n) is 3.87. The zero-order chi connectivity index (χ0) is 11.5. The number of thiazole rings is 1. The second-order valence-corrected chi connectivity index (χ2v) is 5.73. The Hall–Kier alpha value is -0.710. The molecule has 0 aliphatic carbocycles. The van der Waals surface area contributed by atoms with Crippen molar-refractivity contribution in [3.63, 3.8) is 0 Å². The lowest BCUT2D eigenvalue weighted by molar-refractivity contribution is 0.402. The Morgan fingerprint density at radius 2 is 2.19 bits per heavy atom. The van der Waals surface area contributed by atoms with Crippen LogP contribution >= 0.6 is 27.3 Å². The van der Waals surface area contributed by atoms with Crippen LogP contribution in [0.2, 0.25) is 0 Å². The van der Waals surface area contributed by atoms with Crippen molar-refractivity contribution in [2.24, 2.45) is 0 Å². The fourth-order valence-corrected chi connectivity index (χ4v) is 2.75. The summed E-state index contributed by atoms with van der Waals surface area (Å²) in [6, 6.07) is 8.23. The molecular weight excluding hydrogens is 284 g/mol. The van der Waals surface area contributed by atoms with Gasteiger partial charge in [0.2, 0.25) is 0 Å². The van der Waals surface area contributed by atoms with E-state index in [-0.39, 0.29) is 0 Å². The van der Waals surface area contributed by atoms with E-state index in [1.807, 2.05) is 12.1 Å². The standard InChI is InChI=1S/C12H13BrN2S/c1-15(2)7-12-14-11(8-16-12)9-4-3-5-10(13)6-9/h3-6,8H,7H2,1-2H3. The molecule has 0 amide bonds. The van der Waals surface area contributed by atoms with Gasteiger partial charge in [0.15, 0.2) is 0 Å². The normalized spacial score (nSPS) is 11.0. The second kappa shape index (κ2) is 5.08. The predicted octanol–water partition coefficient (Wildman–Crippen LogP) is 3.63. The van der Waals surface area contributed by atoms with Crippen LogP contribution in [0.3, 0.4) is 0 Å². The lowest BCUT2D eigenvalue weighted by Gasteiger charge is -2.05. The molecule has 0 aliphatic heterocycles. The van der Waals surface area contributed by atoms with Crippen molar-refractivity contribution in [1.82, 2.24) is 9.88 Å². The van der Waals surface area contributed by atoms with Crippen molar-refractivity contribution in [1.29, 1.82) is 0 Å². The highest BCUT2D eigenvalue weighted by atomic mass is 79.9. The van der Waals surface area contributed by atoms with Crippen molar-refractivity contribution in [2.45, 2.75) is 6.54 Å². The molecule has 0 bridgehead atoms. The summed E-state index contributed by atoms with van der Waals surface area (Å²) >= 11 is 5.18. The average molecular weight is 297 g/mol. The molecule has 2 nitrogen and oxygen atoms in total. The van der Waals surface area contributed by atoms with Gasteiger partial charge in [-0.15, -0.1) is 11.3 Å². The average Bonchev–Trinajstić information content (AvgIpc) is 2.65. The van der Waals surface area contributed by atoms with Gasteiger partial charge in [-0.25, -0.2) is 4.98 Å². The molecule has 0 aliphatic rings. The van der Waals surface area contributed by atoms with Crippen molar-refractivity contribution < 1.29 is 0 Å². The van der Waals surface area contributed by atoms with Gasteiger partial charge in [-0.1, -0.05) is 28.1 Å². The summed E-state index contributed by atoms with van der Waals surface area (Å²) in [7, 11) is 4.11. The maximum Gasteiger partial charge on any atom is 0.107 e. The molecule has 84 valence electrons. The number of hydrogen-bond acceptors (Lipinski definition) is 3. The maximum absolute atomic E-state index is 4.62. The molecule has 1 aromatic carbocycles. The minimum absolute atomic E-state index is 0.901. The van der Waals surface area contributed by atoms with E-state index >= 15 is 0 Å². The molecule has 0 fully saturated rings. The number of rotatable bonds is 3. The van der Waals surface area contributed by atoms with Gasteiger partial charge in [-0.05, 0) is 26.2 Å². The van der Waals surface area contributed by atoms with Crippen LogP contribution in [0.5, 0.6) is 0 Å². The lowest BCUT2D eigenvalue weighted by atomic mass is 10.2. The van der Waals surface area contributed by atoms with Crippen molar-refractivity contribution >= 4 is 27.3 Å². The molecule has 0 radical (unpaired) electrons. The Kier molecular flexibility index (Phi) is 3.74. The highest BCUT2D eigenvalue weighted by Gasteiger charge is 2.05. The molecule has 0 N–H and O–H groups in total. The van der Waals surface area contributed by atoms with Crippen LogP contribution in [0.4, 0.5) is 0 Å².